The van der Waals surface area contributed by atoms with Gasteiger partial charge in [0.1, 0.15) is 5.75 Å². The van der Waals surface area contributed by atoms with Crippen LogP contribution in [0.4, 0.5) is 0 Å². The van der Waals surface area contributed by atoms with Crippen molar-refractivity contribution >= 4 is 26.7 Å². The van der Waals surface area contributed by atoms with Crippen LogP contribution in [0.2, 0.25) is 0 Å². The summed E-state index contributed by atoms with van der Waals surface area (Å²) < 4.78 is 6.86. The lowest BCUT2D eigenvalue weighted by atomic mass is 10.1. The summed E-state index contributed by atoms with van der Waals surface area (Å²) in [4.78, 5) is 3.11. The highest BCUT2D eigenvalue weighted by Crippen LogP contribution is 2.33. The van der Waals surface area contributed by atoms with Crippen molar-refractivity contribution in [2.24, 2.45) is 0 Å². The molecule has 0 unspecified atom stereocenters. The lowest BCUT2D eigenvalue weighted by molar-refractivity contribution is -0.375. The standard InChI is InChI=1S/C13H14BrNO/c1-8(2)16-13-6-12(14)10-4-5-15-7-11(10)9(13)3/h4-8H,1-3H3/p+1. The van der Waals surface area contributed by atoms with Gasteiger partial charge in [0.15, 0.2) is 12.4 Å². The van der Waals surface area contributed by atoms with E-state index in [9.17, 15) is 0 Å². The molecule has 2 rings (SSSR count). The Bertz CT molecular complexity index is 523. The van der Waals surface area contributed by atoms with Gasteiger partial charge in [0.05, 0.1) is 11.5 Å². The number of aromatic nitrogens is 1. The number of halogens is 1. The van der Waals surface area contributed by atoms with Gasteiger partial charge in [-0.15, -0.1) is 0 Å². The van der Waals surface area contributed by atoms with E-state index in [1.54, 1.807) is 0 Å². The van der Waals surface area contributed by atoms with E-state index in [1.165, 1.54) is 16.3 Å². The first-order valence-electron chi connectivity index (χ1n) is 5.35. The number of fused-ring (bicyclic) bond motifs is 1. The summed E-state index contributed by atoms with van der Waals surface area (Å²) in [5.74, 6) is 0.939. The van der Waals surface area contributed by atoms with Gasteiger partial charge in [-0.05, 0) is 26.8 Å². The molecule has 0 spiro atoms. The Kier molecular flexibility index (Phi) is 3.15. The van der Waals surface area contributed by atoms with Crippen molar-refractivity contribution in [1.82, 2.24) is 0 Å². The predicted octanol–water partition coefficient (Wildman–Crippen LogP) is 3.51. The van der Waals surface area contributed by atoms with Gasteiger partial charge in [-0.25, -0.2) is 4.98 Å². The second-order valence-electron chi connectivity index (χ2n) is 4.12. The molecule has 0 saturated carbocycles. The number of pyridine rings is 1. The summed E-state index contributed by atoms with van der Waals surface area (Å²) in [6.45, 7) is 6.16. The van der Waals surface area contributed by atoms with E-state index in [1.807, 2.05) is 32.3 Å². The molecule has 0 radical (unpaired) electrons. The Labute approximate surface area is 104 Å². The van der Waals surface area contributed by atoms with Crippen molar-refractivity contribution in [2.75, 3.05) is 0 Å². The fraction of sp³-hybridized carbons (Fsp3) is 0.308. The fourth-order valence-electron chi connectivity index (χ4n) is 1.76. The number of aryl methyl sites for hydroxylation is 1. The van der Waals surface area contributed by atoms with E-state index in [2.05, 4.69) is 33.9 Å². The Morgan fingerprint density at radius 2 is 2.06 bits per heavy atom. The number of rotatable bonds is 2. The molecule has 0 atom stereocenters. The molecule has 16 heavy (non-hydrogen) atoms. The predicted molar refractivity (Wildman–Crippen MR) is 68.7 cm³/mol. The van der Waals surface area contributed by atoms with Crippen LogP contribution in [0.1, 0.15) is 19.4 Å². The van der Waals surface area contributed by atoms with Crippen molar-refractivity contribution in [3.05, 3.63) is 34.6 Å². The Morgan fingerprint density at radius 3 is 2.75 bits per heavy atom. The Hall–Kier alpha value is -1.09. The minimum atomic E-state index is 0.191. The molecule has 1 aromatic carbocycles. The monoisotopic (exact) mass is 280 g/mol. The second-order valence-corrected chi connectivity index (χ2v) is 4.97. The average Bonchev–Trinajstić information content (AvgIpc) is 2.25. The maximum Gasteiger partial charge on any atom is 0.175 e. The summed E-state index contributed by atoms with van der Waals surface area (Å²) in [5.41, 5.74) is 1.17. The minimum Gasteiger partial charge on any atom is -0.491 e. The van der Waals surface area contributed by atoms with E-state index in [0.29, 0.717) is 0 Å². The third kappa shape index (κ3) is 2.05. The van der Waals surface area contributed by atoms with Crippen LogP contribution in [0.3, 0.4) is 0 Å². The second kappa shape index (κ2) is 4.42. The van der Waals surface area contributed by atoms with E-state index in [0.717, 1.165) is 10.2 Å². The van der Waals surface area contributed by atoms with E-state index < -0.39 is 0 Å². The molecule has 2 nitrogen and oxygen atoms in total. The van der Waals surface area contributed by atoms with Gasteiger partial charge >= 0.3 is 0 Å². The SMILES string of the molecule is Cc1c(OC(C)C)cc(Br)c2cc[nH+]cc12. The number of aromatic amines is 1. The zero-order chi connectivity index (χ0) is 11.7. The smallest absolute Gasteiger partial charge is 0.175 e. The third-order valence-corrected chi connectivity index (χ3v) is 3.17. The number of H-pyrrole nitrogens is 1. The summed E-state index contributed by atoms with van der Waals surface area (Å²) >= 11 is 3.58. The molecule has 0 aliphatic rings. The Morgan fingerprint density at radius 1 is 1.31 bits per heavy atom. The first-order valence-corrected chi connectivity index (χ1v) is 6.14. The minimum absolute atomic E-state index is 0.191. The van der Waals surface area contributed by atoms with Crippen molar-refractivity contribution in [3.63, 3.8) is 0 Å². The quantitative estimate of drug-likeness (QED) is 0.826. The lowest BCUT2D eigenvalue weighted by Crippen LogP contribution is -2.07. The van der Waals surface area contributed by atoms with Crippen LogP contribution in [-0.2, 0) is 0 Å². The third-order valence-electron chi connectivity index (χ3n) is 2.52. The zero-order valence-electron chi connectivity index (χ0n) is 9.67. The van der Waals surface area contributed by atoms with Crippen molar-refractivity contribution < 1.29 is 9.72 Å². The van der Waals surface area contributed by atoms with Crippen LogP contribution in [0.5, 0.6) is 5.75 Å². The van der Waals surface area contributed by atoms with Crippen molar-refractivity contribution in [3.8, 4) is 5.75 Å². The summed E-state index contributed by atoms with van der Waals surface area (Å²) in [6.07, 6.45) is 4.12. The number of hydrogen-bond donors (Lipinski definition) is 0. The highest BCUT2D eigenvalue weighted by molar-refractivity contribution is 9.10. The number of ether oxygens (including phenoxy) is 1. The molecule has 2 aromatic rings. The molecule has 0 aliphatic heterocycles. The highest BCUT2D eigenvalue weighted by atomic mass is 79.9. The molecule has 3 heteroatoms. The molecule has 1 aromatic heterocycles. The fourth-order valence-corrected chi connectivity index (χ4v) is 2.31. The van der Waals surface area contributed by atoms with Gasteiger partial charge in [-0.2, -0.15) is 0 Å². The van der Waals surface area contributed by atoms with Crippen LogP contribution in [0, 0.1) is 6.92 Å². The summed E-state index contributed by atoms with van der Waals surface area (Å²) in [6, 6.07) is 4.10. The zero-order valence-corrected chi connectivity index (χ0v) is 11.3. The lowest BCUT2D eigenvalue weighted by Gasteiger charge is -2.14. The van der Waals surface area contributed by atoms with Crippen LogP contribution >= 0.6 is 15.9 Å². The molecule has 0 fully saturated rings. The van der Waals surface area contributed by atoms with E-state index in [-0.39, 0.29) is 6.10 Å². The van der Waals surface area contributed by atoms with E-state index in [4.69, 9.17) is 4.74 Å². The van der Waals surface area contributed by atoms with Crippen LogP contribution < -0.4 is 9.72 Å². The normalized spacial score (nSPS) is 11.1. The first-order chi connectivity index (χ1) is 7.59. The van der Waals surface area contributed by atoms with Crippen LogP contribution in [-0.4, -0.2) is 6.10 Å². The molecule has 0 saturated heterocycles. The average molecular weight is 281 g/mol. The molecule has 84 valence electrons. The topological polar surface area (TPSA) is 23.4 Å². The van der Waals surface area contributed by atoms with Gasteiger partial charge in [0.2, 0.25) is 0 Å². The van der Waals surface area contributed by atoms with Crippen molar-refractivity contribution in [2.45, 2.75) is 26.9 Å². The van der Waals surface area contributed by atoms with E-state index >= 15 is 0 Å². The van der Waals surface area contributed by atoms with Gasteiger partial charge < -0.3 is 4.74 Å². The molecule has 0 bridgehead atoms. The van der Waals surface area contributed by atoms with Crippen LogP contribution in [0.25, 0.3) is 10.8 Å². The van der Waals surface area contributed by atoms with Crippen molar-refractivity contribution in [1.29, 1.82) is 0 Å². The molecular weight excluding hydrogens is 266 g/mol. The van der Waals surface area contributed by atoms with Gasteiger partial charge in [0.25, 0.3) is 0 Å². The number of benzene rings is 1. The molecule has 0 amide bonds. The first kappa shape index (κ1) is 11.4. The number of nitrogens with one attached hydrogen (secondary N) is 1. The maximum atomic E-state index is 5.79. The highest BCUT2D eigenvalue weighted by Gasteiger charge is 2.11. The van der Waals surface area contributed by atoms with Gasteiger partial charge in [-0.3, -0.25) is 0 Å². The van der Waals surface area contributed by atoms with Gasteiger partial charge in [-0.1, -0.05) is 15.9 Å². The Balaban J connectivity index is 2.65. The molecular formula is C13H15BrNO+. The van der Waals surface area contributed by atoms with Gasteiger partial charge in [0, 0.05) is 21.5 Å². The van der Waals surface area contributed by atoms with Crippen LogP contribution in [0.15, 0.2) is 29.0 Å². The maximum absolute atomic E-state index is 5.79. The molecule has 1 N–H and O–H groups in total. The summed E-state index contributed by atoms with van der Waals surface area (Å²) in [7, 11) is 0. The number of hydrogen-bond acceptors (Lipinski definition) is 1. The molecule has 0 aliphatic carbocycles. The molecule has 1 heterocycles. The summed E-state index contributed by atoms with van der Waals surface area (Å²) in [5, 5.41) is 2.39. The largest absolute Gasteiger partial charge is 0.491 e.